The number of nitrogens with one attached hydrogen (secondary N) is 2. The molecule has 0 aliphatic heterocycles. The minimum Gasteiger partial charge on any atom is -0.349 e. The summed E-state index contributed by atoms with van der Waals surface area (Å²) < 4.78 is 3.64. The average molecular weight is 542 g/mol. The van der Waals surface area contributed by atoms with Gasteiger partial charge < -0.3 is 5.32 Å². The predicted octanol–water partition coefficient (Wildman–Crippen LogP) is 4.92. The van der Waals surface area contributed by atoms with Crippen LogP contribution in [0.25, 0.3) is 28.0 Å². The molecule has 1 saturated carbocycles. The number of fused-ring (bicyclic) bond motifs is 1. The predicted molar refractivity (Wildman–Crippen MR) is 150 cm³/mol. The molecule has 0 saturated heterocycles. The van der Waals surface area contributed by atoms with E-state index in [0.29, 0.717) is 28.7 Å². The number of nitrogens with zero attached hydrogens (tertiary/aromatic N) is 5. The van der Waals surface area contributed by atoms with E-state index in [9.17, 15) is 9.59 Å². The summed E-state index contributed by atoms with van der Waals surface area (Å²) >= 11 is 6.05. The van der Waals surface area contributed by atoms with E-state index in [-0.39, 0.29) is 17.6 Å². The van der Waals surface area contributed by atoms with Crippen LogP contribution in [0.3, 0.4) is 0 Å². The number of H-pyrrole nitrogens is 1. The number of aromatic amines is 1. The number of halogens is 1. The van der Waals surface area contributed by atoms with Crippen molar-refractivity contribution in [1.82, 2.24) is 34.6 Å². The molecule has 1 fully saturated rings. The van der Waals surface area contributed by atoms with E-state index in [0.717, 1.165) is 53.7 Å². The molecule has 1 amide bonds. The Morgan fingerprint density at radius 1 is 1.08 bits per heavy atom. The van der Waals surface area contributed by atoms with Crippen LogP contribution in [0.1, 0.15) is 41.7 Å². The summed E-state index contributed by atoms with van der Waals surface area (Å²) in [5.41, 5.74) is 5.23. The number of pyridine rings is 2. The molecule has 5 aromatic rings. The van der Waals surface area contributed by atoms with Crippen molar-refractivity contribution in [1.29, 1.82) is 0 Å². The largest absolute Gasteiger partial charge is 0.349 e. The number of aryl methyl sites for hydroxylation is 1. The van der Waals surface area contributed by atoms with Gasteiger partial charge in [0.05, 0.1) is 44.9 Å². The molecule has 0 spiro atoms. The standard InChI is InChI=1S/C29H28ClN7O2/c1-18-24(12-21(30)16-32-18)28(38)35-22-8-6-19(7-9-22)17-36-26-4-2-3-5-27(26)37(29(36)39)23-10-11-31-25(13-23)20-14-33-34-15-20/h2-5,10-16,19,22H,6-9,17H2,1H3,(H,33,34)(H,35,38)/t19-,22-. The van der Waals surface area contributed by atoms with Crippen molar-refractivity contribution in [2.45, 2.75) is 45.2 Å². The van der Waals surface area contributed by atoms with Gasteiger partial charge in [0.15, 0.2) is 0 Å². The molecule has 1 aliphatic carbocycles. The molecule has 0 bridgehead atoms. The van der Waals surface area contributed by atoms with E-state index < -0.39 is 0 Å². The van der Waals surface area contributed by atoms with Crippen molar-refractivity contribution >= 4 is 28.5 Å². The number of carbonyl (C=O) groups is 1. The third kappa shape index (κ3) is 4.97. The molecule has 0 atom stereocenters. The lowest BCUT2D eigenvalue weighted by Crippen LogP contribution is -2.39. The van der Waals surface area contributed by atoms with Crippen molar-refractivity contribution in [3.05, 3.63) is 94.0 Å². The Morgan fingerprint density at radius 3 is 2.64 bits per heavy atom. The molecule has 0 unspecified atom stereocenters. The van der Waals surface area contributed by atoms with Gasteiger partial charge in [-0.25, -0.2) is 4.79 Å². The first kappa shape index (κ1) is 25.1. The molecule has 0 radical (unpaired) electrons. The average Bonchev–Trinajstić information content (AvgIpc) is 3.58. The first-order valence-corrected chi connectivity index (χ1v) is 13.4. The number of aromatic nitrogens is 6. The number of imidazole rings is 1. The van der Waals surface area contributed by atoms with Gasteiger partial charge in [0.2, 0.25) is 0 Å². The van der Waals surface area contributed by atoms with E-state index >= 15 is 0 Å². The third-order valence-electron chi connectivity index (χ3n) is 7.55. The molecule has 9 nitrogen and oxygen atoms in total. The number of hydrogen-bond acceptors (Lipinski definition) is 5. The van der Waals surface area contributed by atoms with Gasteiger partial charge in [-0.1, -0.05) is 23.7 Å². The first-order chi connectivity index (χ1) is 19.0. The Morgan fingerprint density at radius 2 is 1.87 bits per heavy atom. The van der Waals surface area contributed by atoms with Crippen LogP contribution >= 0.6 is 11.6 Å². The quantitative estimate of drug-likeness (QED) is 0.317. The lowest BCUT2D eigenvalue weighted by atomic mass is 9.85. The fourth-order valence-corrected chi connectivity index (χ4v) is 5.65. The maximum Gasteiger partial charge on any atom is 0.333 e. The second kappa shape index (κ2) is 10.5. The van der Waals surface area contributed by atoms with Crippen molar-refractivity contribution in [2.75, 3.05) is 0 Å². The lowest BCUT2D eigenvalue weighted by molar-refractivity contribution is 0.0919. The first-order valence-electron chi connectivity index (χ1n) is 13.1. The molecular weight excluding hydrogens is 514 g/mol. The molecule has 198 valence electrons. The van der Waals surface area contributed by atoms with Gasteiger partial charge in [-0.15, -0.1) is 0 Å². The van der Waals surface area contributed by atoms with Crippen LogP contribution in [0, 0.1) is 12.8 Å². The monoisotopic (exact) mass is 541 g/mol. The maximum atomic E-state index is 13.8. The van der Waals surface area contributed by atoms with Crippen molar-refractivity contribution in [3.8, 4) is 16.9 Å². The van der Waals surface area contributed by atoms with Gasteiger partial charge in [-0.05, 0) is 68.9 Å². The number of amides is 1. The van der Waals surface area contributed by atoms with Gasteiger partial charge >= 0.3 is 5.69 Å². The zero-order valence-corrected chi connectivity index (χ0v) is 22.2. The topological polar surface area (TPSA) is 110 Å². The van der Waals surface area contributed by atoms with E-state index in [1.807, 2.05) is 41.0 Å². The minimum atomic E-state index is -0.141. The van der Waals surface area contributed by atoms with E-state index in [4.69, 9.17) is 11.6 Å². The molecule has 39 heavy (non-hydrogen) atoms. The van der Waals surface area contributed by atoms with Crippen LogP contribution in [0.2, 0.25) is 5.02 Å². The summed E-state index contributed by atoms with van der Waals surface area (Å²) in [6.07, 6.45) is 10.3. The molecule has 10 heteroatoms. The smallest absolute Gasteiger partial charge is 0.333 e. The number of para-hydroxylation sites is 2. The zero-order chi connectivity index (χ0) is 26.9. The molecule has 2 N–H and O–H groups in total. The van der Waals surface area contributed by atoms with E-state index in [1.54, 1.807) is 42.3 Å². The summed E-state index contributed by atoms with van der Waals surface area (Å²) in [6, 6.07) is 13.4. The fourth-order valence-electron chi connectivity index (χ4n) is 5.49. The second-order valence-electron chi connectivity index (χ2n) is 10.1. The van der Waals surface area contributed by atoms with Crippen LogP contribution in [0.4, 0.5) is 0 Å². The van der Waals surface area contributed by atoms with Gasteiger partial charge in [0.25, 0.3) is 5.91 Å². The molecule has 4 heterocycles. The Balaban J connectivity index is 1.20. The Hall–Kier alpha value is -4.24. The number of hydrogen-bond donors (Lipinski definition) is 2. The van der Waals surface area contributed by atoms with E-state index in [1.165, 1.54) is 0 Å². The molecule has 1 aliphatic rings. The lowest BCUT2D eigenvalue weighted by Gasteiger charge is -2.29. The molecule has 1 aromatic carbocycles. The highest BCUT2D eigenvalue weighted by Gasteiger charge is 2.26. The summed E-state index contributed by atoms with van der Waals surface area (Å²) in [6.45, 7) is 2.44. The summed E-state index contributed by atoms with van der Waals surface area (Å²) in [7, 11) is 0. The highest BCUT2D eigenvalue weighted by molar-refractivity contribution is 6.30. The number of carbonyl (C=O) groups excluding carboxylic acids is 1. The molecular formula is C29H28ClN7O2. The van der Waals surface area contributed by atoms with Gasteiger partial charge in [0.1, 0.15) is 0 Å². The summed E-state index contributed by atoms with van der Waals surface area (Å²) in [5, 5.41) is 10.4. The van der Waals surface area contributed by atoms with Gasteiger partial charge in [-0.3, -0.25) is 29.0 Å². The summed E-state index contributed by atoms with van der Waals surface area (Å²) in [5.74, 6) is 0.195. The van der Waals surface area contributed by atoms with Crippen LogP contribution in [-0.2, 0) is 6.54 Å². The fraction of sp³-hybridized carbons (Fsp3) is 0.276. The third-order valence-corrected chi connectivity index (χ3v) is 7.76. The molecule has 4 aromatic heterocycles. The van der Waals surface area contributed by atoms with Crippen molar-refractivity contribution in [3.63, 3.8) is 0 Å². The highest BCUT2D eigenvalue weighted by atomic mass is 35.5. The Labute approximate surface area is 229 Å². The Kier molecular flexibility index (Phi) is 6.74. The van der Waals surface area contributed by atoms with Crippen molar-refractivity contribution in [2.24, 2.45) is 5.92 Å². The van der Waals surface area contributed by atoms with Crippen LogP contribution in [-0.4, -0.2) is 41.2 Å². The van der Waals surface area contributed by atoms with Gasteiger partial charge in [-0.2, -0.15) is 5.10 Å². The normalized spacial score (nSPS) is 17.4. The van der Waals surface area contributed by atoms with Crippen LogP contribution in [0.15, 0.2) is 72.0 Å². The number of benzene rings is 1. The molecule has 6 rings (SSSR count). The second-order valence-corrected chi connectivity index (χ2v) is 10.5. The van der Waals surface area contributed by atoms with Crippen LogP contribution < -0.4 is 11.0 Å². The maximum absolute atomic E-state index is 13.8. The SMILES string of the molecule is Cc1ncc(Cl)cc1C(=O)N[C@H]1CC[C@H](Cn2c(=O)n(-c3ccnc(-c4cn[nH]c4)c3)c3ccccc32)CC1. The minimum absolute atomic E-state index is 0.0695. The van der Waals surface area contributed by atoms with E-state index in [2.05, 4.69) is 25.5 Å². The highest BCUT2D eigenvalue weighted by Crippen LogP contribution is 2.28. The van der Waals surface area contributed by atoms with Gasteiger partial charge in [0, 0.05) is 36.7 Å². The number of rotatable bonds is 6. The zero-order valence-electron chi connectivity index (χ0n) is 21.5. The van der Waals surface area contributed by atoms with Crippen molar-refractivity contribution < 1.29 is 4.79 Å². The summed E-state index contributed by atoms with van der Waals surface area (Å²) in [4.78, 5) is 35.3. The Bertz CT molecular complexity index is 1700. The van der Waals surface area contributed by atoms with Crippen LogP contribution in [0.5, 0.6) is 0 Å².